The molecule has 0 aliphatic rings. The summed E-state index contributed by atoms with van der Waals surface area (Å²) in [7, 11) is 0. The highest BCUT2D eigenvalue weighted by Gasteiger charge is 2.11. The van der Waals surface area contributed by atoms with E-state index >= 15 is 0 Å². The number of benzene rings is 1. The lowest BCUT2D eigenvalue weighted by atomic mass is 10.1. The Morgan fingerprint density at radius 3 is 2.60 bits per heavy atom. The number of aryl methyl sites for hydroxylation is 1. The van der Waals surface area contributed by atoms with Crippen LogP contribution < -0.4 is 10.6 Å². The van der Waals surface area contributed by atoms with E-state index in [9.17, 15) is 4.79 Å². The molecule has 0 saturated carbocycles. The van der Waals surface area contributed by atoms with Crippen molar-refractivity contribution < 1.29 is 9.32 Å². The second-order valence-electron chi connectivity index (χ2n) is 4.68. The van der Waals surface area contributed by atoms with Crippen molar-refractivity contribution in [2.45, 2.75) is 26.8 Å². The molecule has 5 heteroatoms. The van der Waals surface area contributed by atoms with E-state index in [0.717, 1.165) is 12.2 Å². The lowest BCUT2D eigenvalue weighted by Gasteiger charge is -2.13. The van der Waals surface area contributed by atoms with Crippen molar-refractivity contribution >= 4 is 11.6 Å². The molecule has 0 saturated heterocycles. The van der Waals surface area contributed by atoms with Crippen LogP contribution in [0, 0.1) is 6.92 Å². The van der Waals surface area contributed by atoms with Crippen LogP contribution in [-0.2, 0) is 0 Å². The Labute approximate surface area is 118 Å². The van der Waals surface area contributed by atoms with E-state index in [0.29, 0.717) is 11.8 Å². The monoisotopic (exact) mass is 273 g/mol. The first kappa shape index (κ1) is 14.3. The summed E-state index contributed by atoms with van der Waals surface area (Å²) in [5.41, 5.74) is 2.21. The molecule has 1 atom stereocenters. The van der Waals surface area contributed by atoms with Gasteiger partial charge in [-0.15, -0.1) is 0 Å². The van der Waals surface area contributed by atoms with Crippen LogP contribution >= 0.6 is 0 Å². The SMILES string of the molecule is CCNC(C)c1ccc(NC(=O)c2cc(C)on2)cc1. The van der Waals surface area contributed by atoms with Crippen LogP contribution in [-0.4, -0.2) is 17.6 Å². The number of aromatic nitrogens is 1. The smallest absolute Gasteiger partial charge is 0.277 e. The molecule has 5 nitrogen and oxygen atoms in total. The van der Waals surface area contributed by atoms with Gasteiger partial charge in [0, 0.05) is 17.8 Å². The molecule has 0 spiro atoms. The number of rotatable bonds is 5. The predicted molar refractivity (Wildman–Crippen MR) is 77.7 cm³/mol. The van der Waals surface area contributed by atoms with Crippen molar-refractivity contribution in [1.82, 2.24) is 10.5 Å². The Bertz CT molecular complexity index is 575. The zero-order valence-corrected chi connectivity index (χ0v) is 11.9. The highest BCUT2D eigenvalue weighted by Crippen LogP contribution is 2.16. The van der Waals surface area contributed by atoms with Crippen LogP contribution in [0.2, 0.25) is 0 Å². The zero-order chi connectivity index (χ0) is 14.5. The molecule has 0 radical (unpaired) electrons. The van der Waals surface area contributed by atoms with Gasteiger partial charge < -0.3 is 15.2 Å². The van der Waals surface area contributed by atoms with Crippen molar-refractivity contribution in [3.05, 3.63) is 47.3 Å². The van der Waals surface area contributed by atoms with E-state index in [1.165, 1.54) is 5.56 Å². The van der Waals surface area contributed by atoms with Crippen LogP contribution in [0.4, 0.5) is 5.69 Å². The van der Waals surface area contributed by atoms with E-state index < -0.39 is 0 Å². The first-order valence-electron chi connectivity index (χ1n) is 6.68. The Hall–Kier alpha value is -2.14. The minimum atomic E-state index is -0.269. The summed E-state index contributed by atoms with van der Waals surface area (Å²) in [6.45, 7) is 6.85. The number of carbonyl (C=O) groups excluding carboxylic acids is 1. The second kappa shape index (κ2) is 6.34. The van der Waals surface area contributed by atoms with Crippen molar-refractivity contribution in [3.8, 4) is 0 Å². The Kier molecular flexibility index (Phi) is 4.53. The van der Waals surface area contributed by atoms with E-state index in [1.54, 1.807) is 13.0 Å². The first-order chi connectivity index (χ1) is 9.60. The van der Waals surface area contributed by atoms with E-state index in [-0.39, 0.29) is 11.6 Å². The molecule has 2 aromatic rings. The molecule has 1 aromatic carbocycles. The Morgan fingerprint density at radius 2 is 2.05 bits per heavy atom. The van der Waals surface area contributed by atoms with Gasteiger partial charge in [0.15, 0.2) is 5.69 Å². The minimum Gasteiger partial charge on any atom is -0.361 e. The molecular weight excluding hydrogens is 254 g/mol. The molecule has 0 bridgehead atoms. The van der Waals surface area contributed by atoms with Gasteiger partial charge in [-0.3, -0.25) is 4.79 Å². The summed E-state index contributed by atoms with van der Waals surface area (Å²) in [6, 6.07) is 9.66. The predicted octanol–water partition coefficient (Wildman–Crippen LogP) is 2.91. The van der Waals surface area contributed by atoms with E-state index in [1.807, 2.05) is 24.3 Å². The maximum atomic E-state index is 11.9. The molecule has 106 valence electrons. The number of carbonyl (C=O) groups is 1. The highest BCUT2D eigenvalue weighted by atomic mass is 16.5. The highest BCUT2D eigenvalue weighted by molar-refractivity contribution is 6.02. The second-order valence-corrected chi connectivity index (χ2v) is 4.68. The molecular formula is C15H19N3O2. The molecule has 1 amide bonds. The Balaban J connectivity index is 2.02. The van der Waals surface area contributed by atoms with Gasteiger partial charge in [0.25, 0.3) is 5.91 Å². The molecule has 20 heavy (non-hydrogen) atoms. The molecule has 0 fully saturated rings. The fraction of sp³-hybridized carbons (Fsp3) is 0.333. The lowest BCUT2D eigenvalue weighted by Crippen LogP contribution is -2.17. The van der Waals surface area contributed by atoms with Crippen LogP contribution in [0.3, 0.4) is 0 Å². The lowest BCUT2D eigenvalue weighted by molar-refractivity contribution is 0.101. The molecule has 1 unspecified atom stereocenters. The van der Waals surface area contributed by atoms with Gasteiger partial charge in [0.2, 0.25) is 0 Å². The van der Waals surface area contributed by atoms with E-state index in [2.05, 4.69) is 29.6 Å². The molecule has 0 aliphatic heterocycles. The number of amides is 1. The van der Waals surface area contributed by atoms with Crippen molar-refractivity contribution in [3.63, 3.8) is 0 Å². The van der Waals surface area contributed by atoms with Gasteiger partial charge in [-0.25, -0.2) is 0 Å². The van der Waals surface area contributed by atoms with Gasteiger partial charge in [0.05, 0.1) is 0 Å². The molecule has 2 N–H and O–H groups in total. The van der Waals surface area contributed by atoms with Crippen molar-refractivity contribution in [2.75, 3.05) is 11.9 Å². The Morgan fingerprint density at radius 1 is 1.35 bits per heavy atom. The summed E-state index contributed by atoms with van der Waals surface area (Å²) in [4.78, 5) is 11.9. The number of nitrogens with zero attached hydrogens (tertiary/aromatic N) is 1. The maximum Gasteiger partial charge on any atom is 0.277 e. The number of hydrogen-bond donors (Lipinski definition) is 2. The summed E-state index contributed by atoms with van der Waals surface area (Å²) in [6.07, 6.45) is 0. The quantitative estimate of drug-likeness (QED) is 0.879. The van der Waals surface area contributed by atoms with Gasteiger partial charge in [-0.2, -0.15) is 0 Å². The minimum absolute atomic E-state index is 0.269. The maximum absolute atomic E-state index is 11.9. The average molecular weight is 273 g/mol. The third-order valence-electron chi connectivity index (χ3n) is 3.04. The standard InChI is InChI=1S/C15H19N3O2/c1-4-16-11(3)12-5-7-13(8-6-12)17-15(19)14-9-10(2)20-18-14/h5-9,11,16H,4H2,1-3H3,(H,17,19). The largest absolute Gasteiger partial charge is 0.361 e. The number of anilines is 1. The van der Waals surface area contributed by atoms with Crippen molar-refractivity contribution in [1.29, 1.82) is 0 Å². The van der Waals surface area contributed by atoms with Gasteiger partial charge in [-0.1, -0.05) is 24.2 Å². The summed E-state index contributed by atoms with van der Waals surface area (Å²) in [5, 5.41) is 9.81. The number of nitrogens with one attached hydrogen (secondary N) is 2. The number of hydrogen-bond acceptors (Lipinski definition) is 4. The third kappa shape index (κ3) is 3.45. The molecule has 2 rings (SSSR count). The third-order valence-corrected chi connectivity index (χ3v) is 3.04. The zero-order valence-electron chi connectivity index (χ0n) is 11.9. The first-order valence-corrected chi connectivity index (χ1v) is 6.68. The van der Waals surface area contributed by atoms with Crippen molar-refractivity contribution in [2.24, 2.45) is 0 Å². The summed E-state index contributed by atoms with van der Waals surface area (Å²) in [5.74, 6) is 0.347. The summed E-state index contributed by atoms with van der Waals surface area (Å²) >= 11 is 0. The van der Waals surface area contributed by atoms with Crippen LogP contribution in [0.25, 0.3) is 0 Å². The topological polar surface area (TPSA) is 67.2 Å². The van der Waals surface area contributed by atoms with Crippen LogP contribution in [0.15, 0.2) is 34.9 Å². The van der Waals surface area contributed by atoms with Crippen LogP contribution in [0.5, 0.6) is 0 Å². The fourth-order valence-electron chi connectivity index (χ4n) is 1.95. The molecule has 1 aromatic heterocycles. The van der Waals surface area contributed by atoms with Gasteiger partial charge in [0.1, 0.15) is 5.76 Å². The fourth-order valence-corrected chi connectivity index (χ4v) is 1.95. The molecule has 1 heterocycles. The van der Waals surface area contributed by atoms with Crippen LogP contribution in [0.1, 0.15) is 41.7 Å². The van der Waals surface area contributed by atoms with E-state index in [4.69, 9.17) is 4.52 Å². The average Bonchev–Trinajstić information content (AvgIpc) is 2.86. The molecule has 0 aliphatic carbocycles. The van der Waals surface area contributed by atoms with Gasteiger partial charge in [-0.05, 0) is 38.1 Å². The normalized spacial score (nSPS) is 12.2. The van der Waals surface area contributed by atoms with Gasteiger partial charge >= 0.3 is 0 Å². The summed E-state index contributed by atoms with van der Waals surface area (Å²) < 4.78 is 4.88.